The number of amides is 1. The number of likely N-dealkylation sites (N-methyl/N-ethyl adjacent to an activating group) is 1. The van der Waals surface area contributed by atoms with E-state index < -0.39 is 12.0 Å². The van der Waals surface area contributed by atoms with Gasteiger partial charge in [-0.1, -0.05) is 19.0 Å². The van der Waals surface area contributed by atoms with E-state index in [-0.39, 0.29) is 5.91 Å². The summed E-state index contributed by atoms with van der Waals surface area (Å²) in [6, 6.07) is -0.837. The number of rotatable bonds is 5. The molecule has 1 rings (SSSR count). The Kier molecular flexibility index (Phi) is 4.47. The van der Waals surface area contributed by atoms with Gasteiger partial charge in [0.05, 0.1) is 5.69 Å². The Morgan fingerprint density at radius 3 is 2.50 bits per heavy atom. The summed E-state index contributed by atoms with van der Waals surface area (Å²) in [5, 5.41) is 12.9. The van der Waals surface area contributed by atoms with E-state index in [2.05, 4.69) is 5.16 Å². The predicted molar refractivity (Wildman–Crippen MR) is 64.4 cm³/mol. The van der Waals surface area contributed by atoms with E-state index in [1.165, 1.54) is 11.9 Å². The zero-order valence-corrected chi connectivity index (χ0v) is 11.1. The van der Waals surface area contributed by atoms with Crippen molar-refractivity contribution in [2.75, 3.05) is 7.05 Å². The quantitative estimate of drug-likeness (QED) is 0.860. The van der Waals surface area contributed by atoms with Gasteiger partial charge in [-0.2, -0.15) is 0 Å². The number of carboxylic acids is 1. The number of hydrogen-bond donors (Lipinski definition) is 1. The van der Waals surface area contributed by atoms with E-state index in [0.29, 0.717) is 29.9 Å². The first kappa shape index (κ1) is 14.2. The Balaban J connectivity index is 3.06. The standard InChI is InChI=1S/C12H18N2O4/c1-5-8-10(7(3)18-13-8)11(15)14(4)9(6-2)12(16)17/h9H,5-6H2,1-4H3,(H,16,17). The molecule has 18 heavy (non-hydrogen) atoms. The molecule has 1 amide bonds. The highest BCUT2D eigenvalue weighted by molar-refractivity contribution is 5.98. The van der Waals surface area contributed by atoms with Gasteiger partial charge in [0.15, 0.2) is 0 Å². The van der Waals surface area contributed by atoms with Crippen LogP contribution in [0, 0.1) is 6.92 Å². The zero-order valence-electron chi connectivity index (χ0n) is 11.1. The number of carbonyl (C=O) groups is 2. The maximum absolute atomic E-state index is 12.3. The van der Waals surface area contributed by atoms with E-state index in [4.69, 9.17) is 9.63 Å². The van der Waals surface area contributed by atoms with Crippen LogP contribution >= 0.6 is 0 Å². The van der Waals surface area contributed by atoms with Gasteiger partial charge >= 0.3 is 5.97 Å². The van der Waals surface area contributed by atoms with Crippen molar-refractivity contribution in [1.82, 2.24) is 10.1 Å². The van der Waals surface area contributed by atoms with E-state index in [1.807, 2.05) is 6.92 Å². The predicted octanol–water partition coefficient (Wildman–Crippen LogP) is 1.48. The lowest BCUT2D eigenvalue weighted by Gasteiger charge is -2.23. The van der Waals surface area contributed by atoms with Crippen LogP contribution in [0.25, 0.3) is 0 Å². The van der Waals surface area contributed by atoms with Crippen molar-refractivity contribution in [3.05, 3.63) is 17.0 Å². The average molecular weight is 254 g/mol. The molecule has 1 aromatic rings. The molecule has 1 heterocycles. The fourth-order valence-corrected chi connectivity index (χ4v) is 1.87. The van der Waals surface area contributed by atoms with Crippen LogP contribution in [0.1, 0.15) is 42.1 Å². The minimum absolute atomic E-state index is 0.351. The number of carboxylic acid groups (broad SMARTS) is 1. The monoisotopic (exact) mass is 254 g/mol. The molecular formula is C12H18N2O4. The lowest BCUT2D eigenvalue weighted by molar-refractivity contribution is -0.142. The molecule has 1 unspecified atom stereocenters. The van der Waals surface area contributed by atoms with Gasteiger partial charge in [-0.3, -0.25) is 4.79 Å². The second-order valence-corrected chi connectivity index (χ2v) is 4.09. The number of aromatic nitrogens is 1. The second kappa shape index (κ2) is 5.66. The van der Waals surface area contributed by atoms with Crippen LogP contribution < -0.4 is 0 Å². The molecular weight excluding hydrogens is 236 g/mol. The first-order valence-electron chi connectivity index (χ1n) is 5.89. The summed E-state index contributed by atoms with van der Waals surface area (Å²) < 4.78 is 4.99. The molecule has 0 aliphatic carbocycles. The van der Waals surface area contributed by atoms with Crippen molar-refractivity contribution in [3.8, 4) is 0 Å². The van der Waals surface area contributed by atoms with Crippen LogP contribution in [-0.4, -0.2) is 40.1 Å². The third kappa shape index (κ3) is 2.52. The van der Waals surface area contributed by atoms with Crippen LogP contribution in [-0.2, 0) is 11.2 Å². The van der Waals surface area contributed by atoms with Gasteiger partial charge in [-0.15, -0.1) is 0 Å². The first-order chi connectivity index (χ1) is 8.43. The Morgan fingerprint density at radius 1 is 1.44 bits per heavy atom. The Hall–Kier alpha value is -1.85. The highest BCUT2D eigenvalue weighted by Crippen LogP contribution is 2.18. The van der Waals surface area contributed by atoms with Crippen LogP contribution in [0.3, 0.4) is 0 Å². The minimum Gasteiger partial charge on any atom is -0.480 e. The lowest BCUT2D eigenvalue weighted by Crippen LogP contribution is -2.42. The van der Waals surface area contributed by atoms with Crippen molar-refractivity contribution in [3.63, 3.8) is 0 Å². The summed E-state index contributed by atoms with van der Waals surface area (Å²) in [4.78, 5) is 24.5. The van der Waals surface area contributed by atoms with Crippen LogP contribution in [0.2, 0.25) is 0 Å². The molecule has 100 valence electrons. The molecule has 0 saturated heterocycles. The van der Waals surface area contributed by atoms with Crippen molar-refractivity contribution < 1.29 is 19.2 Å². The van der Waals surface area contributed by atoms with Gasteiger partial charge in [-0.25, -0.2) is 4.79 Å². The van der Waals surface area contributed by atoms with Gasteiger partial charge < -0.3 is 14.5 Å². The van der Waals surface area contributed by atoms with Gasteiger partial charge in [0.25, 0.3) is 5.91 Å². The van der Waals surface area contributed by atoms with E-state index in [1.54, 1.807) is 13.8 Å². The molecule has 1 aromatic heterocycles. The third-order valence-corrected chi connectivity index (χ3v) is 2.94. The molecule has 0 bridgehead atoms. The molecule has 6 heteroatoms. The highest BCUT2D eigenvalue weighted by Gasteiger charge is 2.29. The molecule has 0 aliphatic rings. The SMILES string of the molecule is CCc1noc(C)c1C(=O)N(C)C(CC)C(=O)O. The normalized spacial score (nSPS) is 12.2. The summed E-state index contributed by atoms with van der Waals surface area (Å²) in [7, 11) is 1.48. The summed E-state index contributed by atoms with van der Waals surface area (Å²) in [6.45, 7) is 5.24. The Labute approximate surface area is 106 Å². The molecule has 1 atom stereocenters. The Morgan fingerprint density at radius 2 is 2.06 bits per heavy atom. The van der Waals surface area contributed by atoms with Crippen LogP contribution in [0.4, 0.5) is 0 Å². The lowest BCUT2D eigenvalue weighted by atomic mass is 10.1. The van der Waals surface area contributed by atoms with Crippen LogP contribution in [0.15, 0.2) is 4.52 Å². The van der Waals surface area contributed by atoms with Gasteiger partial charge in [0, 0.05) is 7.05 Å². The largest absolute Gasteiger partial charge is 0.480 e. The average Bonchev–Trinajstić information content (AvgIpc) is 2.69. The van der Waals surface area contributed by atoms with Crippen molar-refractivity contribution in [2.24, 2.45) is 0 Å². The minimum atomic E-state index is -1.01. The molecule has 0 fully saturated rings. The maximum Gasteiger partial charge on any atom is 0.326 e. The first-order valence-corrected chi connectivity index (χ1v) is 5.89. The van der Waals surface area contributed by atoms with E-state index >= 15 is 0 Å². The highest BCUT2D eigenvalue weighted by atomic mass is 16.5. The van der Waals surface area contributed by atoms with E-state index in [0.717, 1.165) is 0 Å². The Bertz CT molecular complexity index is 453. The smallest absolute Gasteiger partial charge is 0.326 e. The van der Waals surface area contributed by atoms with Crippen LogP contribution in [0.5, 0.6) is 0 Å². The molecule has 0 saturated carbocycles. The molecule has 0 radical (unpaired) electrons. The molecule has 1 N–H and O–H groups in total. The number of nitrogens with zero attached hydrogens (tertiary/aromatic N) is 2. The summed E-state index contributed by atoms with van der Waals surface area (Å²) in [5.74, 6) is -0.954. The molecule has 0 spiro atoms. The molecule has 0 aromatic carbocycles. The molecule has 0 aliphatic heterocycles. The van der Waals surface area contributed by atoms with E-state index in [9.17, 15) is 9.59 Å². The zero-order chi connectivity index (χ0) is 13.9. The summed E-state index contributed by atoms with van der Waals surface area (Å²) in [6.07, 6.45) is 0.916. The topological polar surface area (TPSA) is 83.6 Å². The number of aryl methyl sites for hydroxylation is 2. The second-order valence-electron chi connectivity index (χ2n) is 4.09. The third-order valence-electron chi connectivity index (χ3n) is 2.94. The summed E-state index contributed by atoms with van der Waals surface area (Å²) >= 11 is 0. The number of aliphatic carboxylic acids is 1. The van der Waals surface area contributed by atoms with Crippen molar-refractivity contribution >= 4 is 11.9 Å². The van der Waals surface area contributed by atoms with Gasteiger partial charge in [-0.05, 0) is 19.8 Å². The van der Waals surface area contributed by atoms with Crippen molar-refractivity contribution in [2.45, 2.75) is 39.7 Å². The number of hydrogen-bond acceptors (Lipinski definition) is 4. The summed E-state index contributed by atoms with van der Waals surface area (Å²) in [5.41, 5.74) is 0.935. The van der Waals surface area contributed by atoms with Gasteiger partial charge in [0.2, 0.25) is 0 Å². The fraction of sp³-hybridized carbons (Fsp3) is 0.583. The maximum atomic E-state index is 12.3. The number of carbonyl (C=O) groups excluding carboxylic acids is 1. The fourth-order valence-electron chi connectivity index (χ4n) is 1.87. The van der Waals surface area contributed by atoms with Crippen molar-refractivity contribution in [1.29, 1.82) is 0 Å². The van der Waals surface area contributed by atoms with Gasteiger partial charge in [0.1, 0.15) is 17.4 Å². The molecule has 6 nitrogen and oxygen atoms in total.